The minimum absolute atomic E-state index is 0.0514. The average molecular weight is 276 g/mol. The van der Waals surface area contributed by atoms with E-state index in [0.717, 1.165) is 0 Å². The van der Waals surface area contributed by atoms with Crippen molar-refractivity contribution in [1.29, 1.82) is 5.26 Å². The summed E-state index contributed by atoms with van der Waals surface area (Å²) in [6.07, 6.45) is -2.60. The van der Waals surface area contributed by atoms with Crippen molar-refractivity contribution in [3.63, 3.8) is 0 Å². The molecule has 80 valence electrons. The maximum Gasteiger partial charge on any atom is 0.280 e. The first kappa shape index (κ1) is 12.0. The Balaban J connectivity index is 3.26. The Labute approximate surface area is 94.0 Å². The molecule has 0 saturated heterocycles. The van der Waals surface area contributed by atoms with Crippen molar-refractivity contribution in [1.82, 2.24) is 4.98 Å². The van der Waals surface area contributed by atoms with Gasteiger partial charge in [0, 0.05) is 11.0 Å². The number of alkyl halides is 2. The van der Waals surface area contributed by atoms with Gasteiger partial charge in [0.1, 0.15) is 5.69 Å². The van der Waals surface area contributed by atoms with E-state index in [9.17, 15) is 8.78 Å². The molecule has 1 aromatic rings. The van der Waals surface area contributed by atoms with Crippen LogP contribution in [0, 0.1) is 11.3 Å². The lowest BCUT2D eigenvalue weighted by molar-refractivity contribution is 0.145. The lowest BCUT2D eigenvalue weighted by atomic mass is 10.1. The van der Waals surface area contributed by atoms with Crippen LogP contribution in [0.15, 0.2) is 10.5 Å². The number of hydrogen-bond acceptors (Lipinski definition) is 3. The normalized spacial score (nSPS) is 10.4. The molecule has 1 rings (SSSR count). The summed E-state index contributed by atoms with van der Waals surface area (Å²) < 4.78 is 25.4. The molecule has 0 unspecified atom stereocenters. The topological polar surface area (TPSA) is 62.7 Å². The second-order valence-electron chi connectivity index (χ2n) is 2.81. The molecule has 0 atom stereocenters. The number of aromatic nitrogens is 1. The van der Waals surface area contributed by atoms with Crippen LogP contribution in [0.25, 0.3) is 0 Å². The summed E-state index contributed by atoms with van der Waals surface area (Å²) in [7, 11) is 0. The zero-order valence-electron chi connectivity index (χ0n) is 7.67. The molecule has 0 saturated carbocycles. The summed E-state index contributed by atoms with van der Waals surface area (Å²) in [5, 5.41) is 8.53. The quantitative estimate of drug-likeness (QED) is 0.921. The molecule has 3 nitrogen and oxygen atoms in total. The lowest BCUT2D eigenvalue weighted by Gasteiger charge is -2.08. The van der Waals surface area contributed by atoms with Gasteiger partial charge in [-0.2, -0.15) is 5.26 Å². The number of nitrogens with two attached hydrogens (primary N) is 1. The van der Waals surface area contributed by atoms with Gasteiger partial charge in [-0.15, -0.1) is 0 Å². The first-order chi connectivity index (χ1) is 7.10. The number of pyridine rings is 1. The first-order valence-corrected chi connectivity index (χ1v) is 4.92. The third-order valence-electron chi connectivity index (χ3n) is 1.81. The Bertz CT molecular complexity index is 401. The van der Waals surface area contributed by atoms with Crippen LogP contribution in [0.1, 0.15) is 23.4 Å². The second kappa shape index (κ2) is 5.14. The zero-order chi connectivity index (χ0) is 11.4. The summed E-state index contributed by atoms with van der Waals surface area (Å²) in [5.74, 6) is 0. The number of halogens is 3. The van der Waals surface area contributed by atoms with Crippen molar-refractivity contribution in [2.24, 2.45) is 5.73 Å². The molecule has 15 heavy (non-hydrogen) atoms. The van der Waals surface area contributed by atoms with Crippen molar-refractivity contribution >= 4 is 15.9 Å². The van der Waals surface area contributed by atoms with Crippen LogP contribution in [0.5, 0.6) is 0 Å². The third-order valence-corrected chi connectivity index (χ3v) is 2.77. The van der Waals surface area contributed by atoms with Crippen molar-refractivity contribution in [2.75, 3.05) is 0 Å². The highest BCUT2D eigenvalue weighted by Crippen LogP contribution is 2.26. The van der Waals surface area contributed by atoms with E-state index < -0.39 is 6.43 Å². The number of hydrogen-bond donors (Lipinski definition) is 1. The largest absolute Gasteiger partial charge is 0.325 e. The van der Waals surface area contributed by atoms with Gasteiger partial charge < -0.3 is 5.73 Å². The van der Waals surface area contributed by atoms with E-state index in [4.69, 9.17) is 11.0 Å². The highest BCUT2D eigenvalue weighted by Gasteiger charge is 2.15. The van der Waals surface area contributed by atoms with Crippen LogP contribution >= 0.6 is 15.9 Å². The third kappa shape index (κ3) is 2.70. The van der Waals surface area contributed by atoms with E-state index in [1.807, 2.05) is 6.07 Å². The van der Waals surface area contributed by atoms with Gasteiger partial charge >= 0.3 is 0 Å². The minimum atomic E-state index is -2.65. The van der Waals surface area contributed by atoms with Crippen molar-refractivity contribution in [2.45, 2.75) is 19.4 Å². The standard InChI is InChI=1S/C9H8BrF2N3/c10-8-5(1-2-13)3-6(9(11)12)15-7(8)4-14/h3,9H,1,4,14H2. The zero-order valence-corrected chi connectivity index (χ0v) is 9.26. The van der Waals surface area contributed by atoms with Crippen LogP contribution < -0.4 is 5.73 Å². The highest BCUT2D eigenvalue weighted by molar-refractivity contribution is 9.10. The van der Waals surface area contributed by atoms with Gasteiger partial charge in [0.25, 0.3) is 6.43 Å². The predicted octanol–water partition coefficient (Wildman–Crippen LogP) is 2.31. The summed E-state index contributed by atoms with van der Waals surface area (Å²) >= 11 is 3.19. The van der Waals surface area contributed by atoms with Gasteiger partial charge in [-0.1, -0.05) is 0 Å². The maximum absolute atomic E-state index is 12.4. The molecule has 1 aromatic heterocycles. The van der Waals surface area contributed by atoms with Gasteiger partial charge in [-0.25, -0.2) is 13.8 Å². The van der Waals surface area contributed by atoms with Crippen LogP contribution in [0.3, 0.4) is 0 Å². The molecular formula is C9H8BrF2N3. The molecule has 0 amide bonds. The summed E-state index contributed by atoms with van der Waals surface area (Å²) in [5.41, 5.74) is 5.86. The van der Waals surface area contributed by atoms with Gasteiger partial charge in [-0.05, 0) is 27.6 Å². The molecule has 0 aliphatic heterocycles. The Hall–Kier alpha value is -1.06. The maximum atomic E-state index is 12.4. The summed E-state index contributed by atoms with van der Waals surface area (Å²) in [4.78, 5) is 3.70. The number of nitrogens with zero attached hydrogens (tertiary/aromatic N) is 2. The van der Waals surface area contributed by atoms with Crippen LogP contribution in [-0.4, -0.2) is 4.98 Å². The Morgan fingerprint density at radius 3 is 2.73 bits per heavy atom. The molecule has 0 aliphatic carbocycles. The van der Waals surface area contributed by atoms with E-state index in [1.165, 1.54) is 6.07 Å². The van der Waals surface area contributed by atoms with Gasteiger partial charge in [0.15, 0.2) is 0 Å². The van der Waals surface area contributed by atoms with Crippen LogP contribution in [0.2, 0.25) is 0 Å². The van der Waals surface area contributed by atoms with Gasteiger partial charge in [0.2, 0.25) is 0 Å². The van der Waals surface area contributed by atoms with E-state index in [2.05, 4.69) is 20.9 Å². The van der Waals surface area contributed by atoms with Crippen molar-refractivity contribution in [3.8, 4) is 6.07 Å². The molecule has 0 aromatic carbocycles. The second-order valence-corrected chi connectivity index (χ2v) is 3.60. The number of nitriles is 1. The highest BCUT2D eigenvalue weighted by atomic mass is 79.9. The molecule has 0 bridgehead atoms. The fraction of sp³-hybridized carbons (Fsp3) is 0.333. The molecule has 0 fully saturated rings. The lowest BCUT2D eigenvalue weighted by Crippen LogP contribution is -2.06. The van der Waals surface area contributed by atoms with E-state index in [-0.39, 0.29) is 18.7 Å². The Morgan fingerprint density at radius 1 is 1.60 bits per heavy atom. The first-order valence-electron chi connectivity index (χ1n) is 4.13. The monoisotopic (exact) mass is 275 g/mol. The van der Waals surface area contributed by atoms with E-state index >= 15 is 0 Å². The molecule has 1 heterocycles. The SMILES string of the molecule is N#CCc1cc(C(F)F)nc(CN)c1Br. The fourth-order valence-corrected chi connectivity index (χ4v) is 1.63. The van der Waals surface area contributed by atoms with E-state index in [1.54, 1.807) is 0 Å². The van der Waals surface area contributed by atoms with Gasteiger partial charge in [0.05, 0.1) is 18.2 Å². The van der Waals surface area contributed by atoms with Crippen LogP contribution in [-0.2, 0) is 13.0 Å². The molecular weight excluding hydrogens is 268 g/mol. The molecule has 0 aliphatic rings. The number of rotatable bonds is 3. The predicted molar refractivity (Wildman–Crippen MR) is 54.1 cm³/mol. The molecule has 0 radical (unpaired) electrons. The van der Waals surface area contributed by atoms with E-state index in [0.29, 0.717) is 15.7 Å². The smallest absolute Gasteiger partial charge is 0.280 e. The van der Waals surface area contributed by atoms with Crippen LogP contribution in [0.4, 0.5) is 8.78 Å². The minimum Gasteiger partial charge on any atom is -0.325 e. The average Bonchev–Trinajstić information content (AvgIpc) is 2.21. The summed E-state index contributed by atoms with van der Waals surface area (Å²) in [6.45, 7) is 0.0551. The van der Waals surface area contributed by atoms with Gasteiger partial charge in [-0.3, -0.25) is 0 Å². The fourth-order valence-electron chi connectivity index (χ4n) is 1.13. The Kier molecular flexibility index (Phi) is 4.12. The molecule has 2 N–H and O–H groups in total. The molecule has 0 spiro atoms. The summed E-state index contributed by atoms with van der Waals surface area (Å²) in [6, 6.07) is 3.12. The molecule has 6 heteroatoms. The van der Waals surface area contributed by atoms with Crippen molar-refractivity contribution in [3.05, 3.63) is 27.5 Å². The Morgan fingerprint density at radius 2 is 2.27 bits per heavy atom. The van der Waals surface area contributed by atoms with Crippen molar-refractivity contribution < 1.29 is 8.78 Å².